The van der Waals surface area contributed by atoms with E-state index in [1.54, 1.807) is 9.80 Å². The van der Waals surface area contributed by atoms with Crippen LogP contribution in [0.1, 0.15) is 115 Å². The average Bonchev–Trinajstić information content (AvgIpc) is 3.48. The SMILES string of the molecule is CC(C)c1cccc2c1C(=O)N(C1CCC(=O)NC1=O)C2.CCCC(C(=O)NC=O)N1Cc2ccc(C(C)C)cc2C1=O. The molecule has 2 aromatic rings. The second-order valence-electron chi connectivity index (χ2n) is 11.9. The predicted molar refractivity (Wildman–Crippen MR) is 160 cm³/mol. The number of nitrogens with one attached hydrogen (secondary N) is 2. The number of piperidine rings is 1. The highest BCUT2D eigenvalue weighted by atomic mass is 16.2. The van der Waals surface area contributed by atoms with Gasteiger partial charge in [-0.05, 0) is 53.0 Å². The fraction of sp³-hybridized carbons (Fsp3) is 0.455. The summed E-state index contributed by atoms with van der Waals surface area (Å²) in [6.45, 7) is 11.1. The summed E-state index contributed by atoms with van der Waals surface area (Å²) in [5.74, 6) is -0.660. The molecule has 10 heteroatoms. The van der Waals surface area contributed by atoms with Crippen LogP contribution in [0.2, 0.25) is 0 Å². The highest BCUT2D eigenvalue weighted by Crippen LogP contribution is 2.33. The molecule has 5 rings (SSSR count). The van der Waals surface area contributed by atoms with E-state index in [4.69, 9.17) is 0 Å². The van der Waals surface area contributed by atoms with E-state index in [1.807, 2.05) is 43.3 Å². The number of imide groups is 2. The van der Waals surface area contributed by atoms with Crippen molar-refractivity contribution in [3.8, 4) is 0 Å². The molecule has 1 saturated heterocycles. The Hall–Kier alpha value is -4.34. The highest BCUT2D eigenvalue weighted by Gasteiger charge is 2.40. The number of nitrogens with zero attached hydrogens (tertiary/aromatic N) is 2. The molecule has 0 bridgehead atoms. The molecule has 43 heavy (non-hydrogen) atoms. The van der Waals surface area contributed by atoms with Gasteiger partial charge in [-0.1, -0.05) is 71.4 Å². The van der Waals surface area contributed by atoms with Crippen LogP contribution in [0.5, 0.6) is 0 Å². The zero-order valence-electron chi connectivity index (χ0n) is 25.4. The minimum atomic E-state index is -0.599. The van der Waals surface area contributed by atoms with Crippen LogP contribution in [0.3, 0.4) is 0 Å². The smallest absolute Gasteiger partial charge is 0.255 e. The minimum absolute atomic E-state index is 0.0937. The molecule has 10 nitrogen and oxygen atoms in total. The predicted octanol–water partition coefficient (Wildman–Crippen LogP) is 3.78. The standard InChI is InChI=1S/C17H22N2O3.C16H18N2O3/c1-4-5-15(16(21)18-10-20)19-9-13-7-6-12(11(2)3)8-14(13)17(19)22;1-9(2)11-5-3-4-10-8-18(16(21)14(10)11)12-6-7-13(19)17-15(12)20/h6-8,10-11,15H,4-5,9H2,1-3H3,(H,18,20,21);3-5,9,12H,6-8H2,1-2H3,(H,17,19,20). The van der Waals surface area contributed by atoms with Crippen molar-refractivity contribution >= 4 is 35.9 Å². The van der Waals surface area contributed by atoms with Gasteiger partial charge < -0.3 is 9.80 Å². The van der Waals surface area contributed by atoms with E-state index < -0.39 is 18.0 Å². The second-order valence-corrected chi connectivity index (χ2v) is 11.9. The summed E-state index contributed by atoms with van der Waals surface area (Å²) < 4.78 is 0. The van der Waals surface area contributed by atoms with Gasteiger partial charge in [-0.15, -0.1) is 0 Å². The number of fused-ring (bicyclic) bond motifs is 2. The van der Waals surface area contributed by atoms with Crippen LogP contribution < -0.4 is 10.6 Å². The quantitative estimate of drug-likeness (QED) is 0.356. The molecule has 3 heterocycles. The van der Waals surface area contributed by atoms with Crippen molar-refractivity contribution in [1.82, 2.24) is 20.4 Å². The van der Waals surface area contributed by atoms with E-state index in [0.29, 0.717) is 43.8 Å². The van der Waals surface area contributed by atoms with Gasteiger partial charge in [0.25, 0.3) is 11.8 Å². The Morgan fingerprint density at radius 2 is 1.74 bits per heavy atom. The van der Waals surface area contributed by atoms with Gasteiger partial charge in [0, 0.05) is 30.6 Å². The lowest BCUT2D eigenvalue weighted by atomic mass is 9.94. The molecule has 2 unspecified atom stereocenters. The van der Waals surface area contributed by atoms with Crippen molar-refractivity contribution in [2.45, 2.75) is 97.3 Å². The molecule has 3 aliphatic rings. The van der Waals surface area contributed by atoms with Crippen molar-refractivity contribution in [2.75, 3.05) is 0 Å². The molecule has 0 saturated carbocycles. The van der Waals surface area contributed by atoms with Crippen molar-refractivity contribution in [1.29, 1.82) is 0 Å². The molecule has 0 radical (unpaired) electrons. The van der Waals surface area contributed by atoms with E-state index >= 15 is 0 Å². The van der Waals surface area contributed by atoms with Crippen LogP contribution in [-0.2, 0) is 32.3 Å². The van der Waals surface area contributed by atoms with E-state index in [2.05, 4.69) is 38.3 Å². The number of carbonyl (C=O) groups is 6. The number of rotatable bonds is 8. The van der Waals surface area contributed by atoms with Crippen molar-refractivity contribution in [3.63, 3.8) is 0 Å². The van der Waals surface area contributed by atoms with Crippen LogP contribution in [0.4, 0.5) is 0 Å². The summed E-state index contributed by atoms with van der Waals surface area (Å²) >= 11 is 0. The van der Waals surface area contributed by atoms with Crippen LogP contribution in [0.15, 0.2) is 36.4 Å². The molecule has 2 N–H and O–H groups in total. The minimum Gasteiger partial charge on any atom is -0.322 e. The van der Waals surface area contributed by atoms with Crippen LogP contribution in [0, 0.1) is 0 Å². The van der Waals surface area contributed by atoms with Crippen molar-refractivity contribution < 1.29 is 28.8 Å². The first-order chi connectivity index (χ1) is 20.5. The molecule has 2 aromatic carbocycles. The van der Waals surface area contributed by atoms with Crippen molar-refractivity contribution in [3.05, 3.63) is 69.8 Å². The van der Waals surface area contributed by atoms with Gasteiger partial charge in [-0.2, -0.15) is 0 Å². The first kappa shape index (κ1) is 31.6. The Balaban J connectivity index is 0.000000197. The molecule has 0 aliphatic carbocycles. The Bertz CT molecular complexity index is 1450. The van der Waals surface area contributed by atoms with E-state index in [1.165, 1.54) is 0 Å². The average molecular weight is 589 g/mol. The molecule has 0 spiro atoms. The van der Waals surface area contributed by atoms with Gasteiger partial charge in [0.15, 0.2) is 0 Å². The zero-order chi connectivity index (χ0) is 31.4. The lowest BCUT2D eigenvalue weighted by Crippen LogP contribution is -2.52. The van der Waals surface area contributed by atoms with Gasteiger partial charge in [0.2, 0.25) is 24.1 Å². The van der Waals surface area contributed by atoms with Crippen LogP contribution in [0.25, 0.3) is 0 Å². The van der Waals surface area contributed by atoms with E-state index in [9.17, 15) is 28.8 Å². The van der Waals surface area contributed by atoms with Gasteiger partial charge in [0.05, 0.1) is 0 Å². The van der Waals surface area contributed by atoms with Gasteiger partial charge in [-0.25, -0.2) is 0 Å². The fourth-order valence-electron chi connectivity index (χ4n) is 5.93. The van der Waals surface area contributed by atoms with Crippen LogP contribution >= 0.6 is 0 Å². The maximum atomic E-state index is 12.7. The third-order valence-electron chi connectivity index (χ3n) is 8.28. The summed E-state index contributed by atoms with van der Waals surface area (Å²) in [4.78, 5) is 74.3. The molecular weight excluding hydrogens is 548 g/mol. The molecule has 228 valence electrons. The monoisotopic (exact) mass is 588 g/mol. The molecule has 2 atom stereocenters. The second kappa shape index (κ2) is 13.3. The molecule has 6 amide bonds. The Labute approximate surface area is 252 Å². The number of benzene rings is 2. The molecule has 3 aliphatic heterocycles. The Morgan fingerprint density at radius 3 is 2.37 bits per heavy atom. The van der Waals surface area contributed by atoms with Gasteiger partial charge >= 0.3 is 0 Å². The number of hydrogen-bond donors (Lipinski definition) is 2. The van der Waals surface area contributed by atoms with E-state index in [0.717, 1.165) is 34.2 Å². The number of carbonyl (C=O) groups excluding carboxylic acids is 6. The fourth-order valence-corrected chi connectivity index (χ4v) is 5.93. The number of amides is 6. The maximum absolute atomic E-state index is 12.7. The summed E-state index contributed by atoms with van der Waals surface area (Å²) in [5.41, 5.74) is 5.44. The topological polar surface area (TPSA) is 133 Å². The first-order valence-electron chi connectivity index (χ1n) is 14.9. The van der Waals surface area contributed by atoms with Crippen molar-refractivity contribution in [2.24, 2.45) is 0 Å². The highest BCUT2D eigenvalue weighted by molar-refractivity contribution is 6.06. The zero-order valence-corrected chi connectivity index (χ0v) is 25.4. The number of hydrogen-bond acceptors (Lipinski definition) is 6. The third-order valence-corrected chi connectivity index (χ3v) is 8.28. The Kier molecular flexibility index (Phi) is 9.78. The van der Waals surface area contributed by atoms with Crippen LogP contribution in [-0.4, -0.2) is 57.8 Å². The summed E-state index contributed by atoms with van der Waals surface area (Å²) in [7, 11) is 0. The van der Waals surface area contributed by atoms with Gasteiger partial charge in [-0.3, -0.25) is 39.4 Å². The molecule has 0 aromatic heterocycles. The first-order valence-corrected chi connectivity index (χ1v) is 14.9. The third kappa shape index (κ3) is 6.53. The Morgan fingerprint density at radius 1 is 1.00 bits per heavy atom. The maximum Gasteiger partial charge on any atom is 0.255 e. The molecular formula is C33H40N4O6. The largest absolute Gasteiger partial charge is 0.322 e. The lowest BCUT2D eigenvalue weighted by molar-refractivity contribution is -0.137. The normalized spacial score (nSPS) is 18.3. The molecule has 1 fully saturated rings. The van der Waals surface area contributed by atoms with E-state index in [-0.39, 0.29) is 36.0 Å². The lowest BCUT2D eigenvalue weighted by Gasteiger charge is -2.29. The van der Waals surface area contributed by atoms with Gasteiger partial charge in [0.1, 0.15) is 12.1 Å². The summed E-state index contributed by atoms with van der Waals surface area (Å²) in [6.07, 6.45) is 2.36. The summed E-state index contributed by atoms with van der Waals surface area (Å²) in [5, 5.41) is 4.49. The summed E-state index contributed by atoms with van der Waals surface area (Å²) in [6, 6.07) is 10.6.